The van der Waals surface area contributed by atoms with Crippen LogP contribution in [0, 0.1) is 5.92 Å². The maximum atomic E-state index is 11.5. The summed E-state index contributed by atoms with van der Waals surface area (Å²) in [6, 6.07) is 7.71. The van der Waals surface area contributed by atoms with Crippen molar-refractivity contribution >= 4 is 0 Å². The summed E-state index contributed by atoms with van der Waals surface area (Å²) >= 11 is 0. The minimum atomic E-state index is -1.23. The molecule has 0 radical (unpaired) electrons. The first kappa shape index (κ1) is 19.2. The molecule has 5 rings (SSSR count). The van der Waals surface area contributed by atoms with E-state index >= 15 is 0 Å². The van der Waals surface area contributed by atoms with Crippen LogP contribution in [0.2, 0.25) is 0 Å². The standard InChI is InChI=1S/C23H26O7/c1-25-19-8-13(9-20(26-2)22(19)27-3)21-14-10-17-18(29-12-28-17)11-16(14)30-23(24)7-5-4-6-15(21)23/h8-11,15,21,24H,4-7,12H2,1-3H3/t15-,21+,23-/m1/s1. The molecule has 160 valence electrons. The minimum absolute atomic E-state index is 0.109. The summed E-state index contributed by atoms with van der Waals surface area (Å²) < 4.78 is 34.0. The second-order valence-corrected chi connectivity index (χ2v) is 7.98. The van der Waals surface area contributed by atoms with Gasteiger partial charge in [0.05, 0.1) is 21.3 Å². The van der Waals surface area contributed by atoms with Crippen molar-refractivity contribution in [2.75, 3.05) is 28.1 Å². The molecule has 0 saturated heterocycles. The summed E-state index contributed by atoms with van der Waals surface area (Å²) in [5.74, 6) is 2.19. The summed E-state index contributed by atoms with van der Waals surface area (Å²) in [4.78, 5) is 0. The largest absolute Gasteiger partial charge is 0.493 e. The molecule has 0 amide bonds. The fourth-order valence-electron chi connectivity index (χ4n) is 5.08. The zero-order valence-electron chi connectivity index (χ0n) is 17.4. The van der Waals surface area contributed by atoms with Crippen molar-refractivity contribution in [1.29, 1.82) is 0 Å². The van der Waals surface area contributed by atoms with Gasteiger partial charge >= 0.3 is 0 Å². The second-order valence-electron chi connectivity index (χ2n) is 7.98. The predicted molar refractivity (Wildman–Crippen MR) is 108 cm³/mol. The second kappa shape index (κ2) is 7.16. The third-order valence-corrected chi connectivity index (χ3v) is 6.45. The molecule has 7 heteroatoms. The van der Waals surface area contributed by atoms with E-state index < -0.39 is 5.79 Å². The molecule has 0 spiro atoms. The molecule has 0 aromatic heterocycles. The molecule has 0 unspecified atom stereocenters. The Labute approximate surface area is 175 Å². The summed E-state index contributed by atoms with van der Waals surface area (Å²) in [6.45, 7) is 0.181. The smallest absolute Gasteiger partial charge is 0.231 e. The maximum absolute atomic E-state index is 11.5. The van der Waals surface area contributed by atoms with Crippen LogP contribution in [0.1, 0.15) is 42.7 Å². The number of benzene rings is 2. The third kappa shape index (κ3) is 2.83. The highest BCUT2D eigenvalue weighted by atomic mass is 16.7. The van der Waals surface area contributed by atoms with Gasteiger partial charge in [0, 0.05) is 29.9 Å². The topological polar surface area (TPSA) is 75.6 Å². The van der Waals surface area contributed by atoms with Gasteiger partial charge in [-0.05, 0) is 36.6 Å². The molecule has 7 nitrogen and oxygen atoms in total. The Morgan fingerprint density at radius 1 is 0.900 bits per heavy atom. The lowest BCUT2D eigenvalue weighted by molar-refractivity contribution is -0.208. The van der Waals surface area contributed by atoms with E-state index in [4.69, 9.17) is 28.4 Å². The normalized spacial score (nSPS) is 26.3. The van der Waals surface area contributed by atoms with Crippen molar-refractivity contribution in [3.63, 3.8) is 0 Å². The Hall–Kier alpha value is -2.80. The van der Waals surface area contributed by atoms with E-state index in [0.29, 0.717) is 40.9 Å². The van der Waals surface area contributed by atoms with Crippen LogP contribution in [-0.2, 0) is 0 Å². The molecule has 1 saturated carbocycles. The predicted octanol–water partition coefficient (Wildman–Crippen LogP) is 3.84. The quantitative estimate of drug-likeness (QED) is 0.815. The molecule has 2 aliphatic heterocycles. The lowest BCUT2D eigenvalue weighted by Gasteiger charge is -2.48. The van der Waals surface area contributed by atoms with Gasteiger partial charge in [-0.1, -0.05) is 6.42 Å². The maximum Gasteiger partial charge on any atom is 0.231 e. The molecule has 2 aromatic rings. The van der Waals surface area contributed by atoms with Crippen molar-refractivity contribution in [3.8, 4) is 34.5 Å². The molecular weight excluding hydrogens is 388 g/mol. The van der Waals surface area contributed by atoms with E-state index in [0.717, 1.165) is 30.4 Å². The Morgan fingerprint density at radius 3 is 2.27 bits per heavy atom. The van der Waals surface area contributed by atoms with Gasteiger partial charge in [-0.25, -0.2) is 0 Å². The monoisotopic (exact) mass is 414 g/mol. The fraction of sp³-hybridized carbons (Fsp3) is 0.478. The Bertz CT molecular complexity index is 947. The highest BCUT2D eigenvalue weighted by Gasteiger charge is 2.51. The molecule has 1 N–H and O–H groups in total. The van der Waals surface area contributed by atoms with E-state index in [2.05, 4.69) is 0 Å². The zero-order chi connectivity index (χ0) is 20.9. The average molecular weight is 414 g/mol. The fourth-order valence-corrected chi connectivity index (χ4v) is 5.08. The molecule has 3 aliphatic rings. The van der Waals surface area contributed by atoms with Crippen molar-refractivity contribution in [3.05, 3.63) is 35.4 Å². The van der Waals surface area contributed by atoms with Crippen LogP contribution >= 0.6 is 0 Å². The number of ether oxygens (including phenoxy) is 6. The number of fused-ring (bicyclic) bond motifs is 3. The molecule has 30 heavy (non-hydrogen) atoms. The van der Waals surface area contributed by atoms with E-state index in [1.807, 2.05) is 24.3 Å². The van der Waals surface area contributed by atoms with E-state index in [-0.39, 0.29) is 18.6 Å². The SMILES string of the molecule is COc1cc([C@H]2c3cc4c(cc3O[C@]3(O)CCCC[C@H]23)OCO4)cc(OC)c1OC. The molecule has 1 aliphatic carbocycles. The Balaban J connectivity index is 1.72. The molecule has 3 atom stereocenters. The lowest BCUT2D eigenvalue weighted by atomic mass is 9.68. The van der Waals surface area contributed by atoms with Crippen LogP contribution in [0.4, 0.5) is 0 Å². The van der Waals surface area contributed by atoms with Gasteiger partial charge in [-0.15, -0.1) is 0 Å². The van der Waals surface area contributed by atoms with Gasteiger partial charge in [-0.2, -0.15) is 0 Å². The zero-order valence-corrected chi connectivity index (χ0v) is 17.4. The third-order valence-electron chi connectivity index (χ3n) is 6.45. The Morgan fingerprint density at radius 2 is 1.60 bits per heavy atom. The first-order valence-corrected chi connectivity index (χ1v) is 10.2. The van der Waals surface area contributed by atoms with Gasteiger partial charge in [0.25, 0.3) is 0 Å². The van der Waals surface area contributed by atoms with Crippen molar-refractivity contribution in [2.45, 2.75) is 37.4 Å². The highest BCUT2D eigenvalue weighted by Crippen LogP contribution is 2.56. The van der Waals surface area contributed by atoms with Crippen LogP contribution in [0.15, 0.2) is 24.3 Å². The summed E-state index contributed by atoms with van der Waals surface area (Å²) in [5.41, 5.74) is 1.93. The summed E-state index contributed by atoms with van der Waals surface area (Å²) in [6.07, 6.45) is 3.41. The van der Waals surface area contributed by atoms with Gasteiger partial charge in [0.15, 0.2) is 23.0 Å². The van der Waals surface area contributed by atoms with E-state index in [1.165, 1.54) is 0 Å². The molecule has 2 heterocycles. The van der Waals surface area contributed by atoms with Crippen LogP contribution in [0.3, 0.4) is 0 Å². The number of hydrogen-bond donors (Lipinski definition) is 1. The molecule has 2 aromatic carbocycles. The van der Waals surface area contributed by atoms with Gasteiger partial charge < -0.3 is 33.5 Å². The average Bonchev–Trinajstić information content (AvgIpc) is 3.21. The number of rotatable bonds is 4. The minimum Gasteiger partial charge on any atom is -0.493 e. The first-order chi connectivity index (χ1) is 14.6. The van der Waals surface area contributed by atoms with Gasteiger partial charge in [-0.3, -0.25) is 0 Å². The van der Waals surface area contributed by atoms with Crippen molar-refractivity contribution < 1.29 is 33.5 Å². The van der Waals surface area contributed by atoms with Crippen LogP contribution in [0.25, 0.3) is 0 Å². The van der Waals surface area contributed by atoms with Crippen molar-refractivity contribution in [1.82, 2.24) is 0 Å². The van der Waals surface area contributed by atoms with Gasteiger partial charge in [0.1, 0.15) is 5.75 Å². The van der Waals surface area contributed by atoms with Crippen LogP contribution < -0.4 is 28.4 Å². The Kier molecular flexibility index (Phi) is 4.58. The van der Waals surface area contributed by atoms with E-state index in [9.17, 15) is 5.11 Å². The number of methoxy groups -OCH3 is 3. The number of hydrogen-bond acceptors (Lipinski definition) is 7. The molecule has 0 bridgehead atoms. The number of aliphatic hydroxyl groups is 1. The van der Waals surface area contributed by atoms with Crippen molar-refractivity contribution in [2.24, 2.45) is 5.92 Å². The molecular formula is C23H26O7. The lowest BCUT2D eigenvalue weighted by Crippen LogP contribution is -2.51. The van der Waals surface area contributed by atoms with Gasteiger partial charge in [0.2, 0.25) is 18.3 Å². The van der Waals surface area contributed by atoms with E-state index in [1.54, 1.807) is 21.3 Å². The molecule has 1 fully saturated rings. The summed E-state index contributed by atoms with van der Waals surface area (Å²) in [7, 11) is 4.80. The van der Waals surface area contributed by atoms with Crippen LogP contribution in [0.5, 0.6) is 34.5 Å². The summed E-state index contributed by atoms with van der Waals surface area (Å²) in [5, 5.41) is 11.5. The highest BCUT2D eigenvalue weighted by molar-refractivity contribution is 5.60. The van der Waals surface area contributed by atoms with Crippen LogP contribution in [-0.4, -0.2) is 39.0 Å². The first-order valence-electron chi connectivity index (χ1n) is 10.2.